The molecular formula is C18H18BrNO3. The van der Waals surface area contributed by atoms with Crippen molar-refractivity contribution in [3.8, 4) is 5.75 Å². The van der Waals surface area contributed by atoms with Crippen LogP contribution in [-0.4, -0.2) is 24.9 Å². The van der Waals surface area contributed by atoms with Crippen LogP contribution in [0.2, 0.25) is 0 Å². The lowest BCUT2D eigenvalue weighted by Crippen LogP contribution is -2.22. The summed E-state index contributed by atoms with van der Waals surface area (Å²) in [4.78, 5) is 16.8. The van der Waals surface area contributed by atoms with E-state index < -0.39 is 5.97 Å². The Bertz CT molecular complexity index is 691. The number of rotatable bonds is 5. The lowest BCUT2D eigenvalue weighted by Gasteiger charge is -2.11. The molecule has 2 aromatic carbocycles. The van der Waals surface area contributed by atoms with Gasteiger partial charge in [-0.25, -0.2) is 9.79 Å². The Hall–Kier alpha value is -2.14. The number of halogens is 1. The Labute approximate surface area is 144 Å². The molecule has 0 bridgehead atoms. The van der Waals surface area contributed by atoms with E-state index in [1.54, 1.807) is 31.4 Å². The molecule has 0 heterocycles. The molecule has 0 fully saturated rings. The van der Waals surface area contributed by atoms with Crippen LogP contribution in [-0.2, 0) is 9.53 Å². The molecule has 120 valence electrons. The van der Waals surface area contributed by atoms with Crippen LogP contribution in [0, 0.1) is 0 Å². The zero-order valence-corrected chi connectivity index (χ0v) is 14.8. The first-order chi connectivity index (χ1) is 11.0. The minimum atomic E-state index is -0.446. The molecule has 0 aliphatic carbocycles. The molecule has 0 spiro atoms. The molecule has 0 aliphatic rings. The summed E-state index contributed by atoms with van der Waals surface area (Å²) >= 11 is 3.38. The second-order valence-electron chi connectivity index (χ2n) is 5.12. The van der Waals surface area contributed by atoms with E-state index in [-0.39, 0.29) is 11.8 Å². The number of carbonyl (C=O) groups is 1. The normalized spacial score (nSPS) is 11.4. The average Bonchev–Trinajstić information content (AvgIpc) is 2.53. The maximum atomic E-state index is 12.4. The Morgan fingerprint density at radius 1 is 1.04 bits per heavy atom. The first-order valence-electron chi connectivity index (χ1n) is 7.19. The lowest BCUT2D eigenvalue weighted by molar-refractivity contribution is -0.138. The first kappa shape index (κ1) is 17.2. The van der Waals surface area contributed by atoms with Gasteiger partial charge in [-0.2, -0.15) is 0 Å². The van der Waals surface area contributed by atoms with Gasteiger partial charge in [-0.15, -0.1) is 0 Å². The first-order valence-corrected chi connectivity index (χ1v) is 7.98. The van der Waals surface area contributed by atoms with E-state index in [4.69, 9.17) is 9.47 Å². The molecular weight excluding hydrogens is 358 g/mol. The van der Waals surface area contributed by atoms with E-state index >= 15 is 0 Å². The fraction of sp³-hybridized carbons (Fsp3) is 0.222. The van der Waals surface area contributed by atoms with Crippen molar-refractivity contribution in [3.63, 3.8) is 0 Å². The molecule has 0 saturated carbocycles. The summed E-state index contributed by atoms with van der Waals surface area (Å²) in [5, 5.41) is 0. The van der Waals surface area contributed by atoms with Gasteiger partial charge < -0.3 is 9.47 Å². The van der Waals surface area contributed by atoms with Crippen LogP contribution in [0.15, 0.2) is 58.0 Å². The van der Waals surface area contributed by atoms with E-state index in [0.29, 0.717) is 11.3 Å². The van der Waals surface area contributed by atoms with Crippen molar-refractivity contribution in [2.45, 2.75) is 20.0 Å². The second-order valence-corrected chi connectivity index (χ2v) is 6.04. The lowest BCUT2D eigenvalue weighted by atomic mass is 10.1. The number of nitrogens with zero attached hydrogens (tertiary/aromatic N) is 1. The molecule has 5 heteroatoms. The van der Waals surface area contributed by atoms with Gasteiger partial charge in [0.15, 0.2) is 5.71 Å². The molecule has 0 unspecified atom stereocenters. The number of hydrogen-bond donors (Lipinski definition) is 0. The van der Waals surface area contributed by atoms with Crippen LogP contribution in [0.25, 0.3) is 0 Å². The molecule has 2 rings (SSSR count). The van der Waals surface area contributed by atoms with Crippen molar-refractivity contribution in [3.05, 3.63) is 58.6 Å². The fourth-order valence-corrected chi connectivity index (χ4v) is 2.16. The minimum absolute atomic E-state index is 0.209. The van der Waals surface area contributed by atoms with Crippen LogP contribution >= 0.6 is 15.9 Å². The molecule has 0 saturated heterocycles. The molecule has 0 aromatic heterocycles. The predicted molar refractivity (Wildman–Crippen MR) is 94.6 cm³/mol. The SMILES string of the molecule is COc1ccc(N=C(C(=O)OC(C)C)c2ccc(Br)cc2)cc1. The smallest absolute Gasteiger partial charge is 0.357 e. The van der Waals surface area contributed by atoms with E-state index in [9.17, 15) is 4.79 Å². The third kappa shape index (κ3) is 4.93. The van der Waals surface area contributed by atoms with Crippen molar-refractivity contribution >= 4 is 33.3 Å². The van der Waals surface area contributed by atoms with Gasteiger partial charge in [0.1, 0.15) is 5.75 Å². The van der Waals surface area contributed by atoms with Gasteiger partial charge >= 0.3 is 5.97 Å². The predicted octanol–water partition coefficient (Wildman–Crippen LogP) is 4.53. The highest BCUT2D eigenvalue weighted by atomic mass is 79.9. The van der Waals surface area contributed by atoms with Gasteiger partial charge in [0.2, 0.25) is 0 Å². The van der Waals surface area contributed by atoms with Gasteiger partial charge in [-0.1, -0.05) is 28.1 Å². The summed E-state index contributed by atoms with van der Waals surface area (Å²) in [6.45, 7) is 3.62. The topological polar surface area (TPSA) is 47.9 Å². The second kappa shape index (κ2) is 7.92. The van der Waals surface area contributed by atoms with Crippen LogP contribution in [0.3, 0.4) is 0 Å². The van der Waals surface area contributed by atoms with E-state index in [2.05, 4.69) is 20.9 Å². The number of ether oxygens (including phenoxy) is 2. The Kier molecular flexibility index (Phi) is 5.93. The van der Waals surface area contributed by atoms with E-state index in [1.807, 2.05) is 38.1 Å². The number of hydrogen-bond acceptors (Lipinski definition) is 4. The summed E-state index contributed by atoms with van der Waals surface area (Å²) in [6.07, 6.45) is -0.209. The summed E-state index contributed by atoms with van der Waals surface area (Å²) in [7, 11) is 1.60. The van der Waals surface area contributed by atoms with E-state index in [1.165, 1.54) is 0 Å². The van der Waals surface area contributed by atoms with Crippen molar-refractivity contribution in [2.75, 3.05) is 7.11 Å². The van der Waals surface area contributed by atoms with Gasteiger partial charge in [0.05, 0.1) is 18.9 Å². The van der Waals surface area contributed by atoms with Crippen molar-refractivity contribution in [2.24, 2.45) is 4.99 Å². The number of methoxy groups -OCH3 is 1. The van der Waals surface area contributed by atoms with Crippen molar-refractivity contribution in [1.29, 1.82) is 0 Å². The molecule has 0 N–H and O–H groups in total. The number of aliphatic imine (C=N–C) groups is 1. The summed E-state index contributed by atoms with van der Waals surface area (Å²) < 4.78 is 11.4. The Morgan fingerprint density at radius 2 is 1.65 bits per heavy atom. The van der Waals surface area contributed by atoms with Crippen LogP contribution in [0.1, 0.15) is 19.4 Å². The van der Waals surface area contributed by atoms with Crippen molar-refractivity contribution in [1.82, 2.24) is 0 Å². The summed E-state index contributed by atoms with van der Waals surface area (Å²) in [5.41, 5.74) is 1.63. The zero-order chi connectivity index (χ0) is 16.8. The molecule has 23 heavy (non-hydrogen) atoms. The molecule has 4 nitrogen and oxygen atoms in total. The average molecular weight is 376 g/mol. The Balaban J connectivity index is 2.40. The van der Waals surface area contributed by atoms with Crippen LogP contribution in [0.5, 0.6) is 5.75 Å². The third-order valence-corrected chi connectivity index (χ3v) is 3.50. The number of esters is 1. The zero-order valence-electron chi connectivity index (χ0n) is 13.2. The van der Waals surface area contributed by atoms with Crippen molar-refractivity contribution < 1.29 is 14.3 Å². The fourth-order valence-electron chi connectivity index (χ4n) is 1.89. The van der Waals surface area contributed by atoms with Gasteiger partial charge in [-0.3, -0.25) is 0 Å². The van der Waals surface area contributed by atoms with Crippen LogP contribution < -0.4 is 4.74 Å². The summed E-state index contributed by atoms with van der Waals surface area (Å²) in [5.74, 6) is 0.289. The highest BCUT2D eigenvalue weighted by Gasteiger charge is 2.17. The highest BCUT2D eigenvalue weighted by Crippen LogP contribution is 2.20. The van der Waals surface area contributed by atoms with Gasteiger partial charge in [0.25, 0.3) is 0 Å². The van der Waals surface area contributed by atoms with Gasteiger partial charge in [0, 0.05) is 10.0 Å². The highest BCUT2D eigenvalue weighted by molar-refractivity contribution is 9.10. The molecule has 0 amide bonds. The maximum absolute atomic E-state index is 12.4. The largest absolute Gasteiger partial charge is 0.497 e. The summed E-state index contributed by atoms with van der Waals surface area (Å²) in [6, 6.07) is 14.6. The molecule has 0 atom stereocenters. The quantitative estimate of drug-likeness (QED) is 0.569. The van der Waals surface area contributed by atoms with E-state index in [0.717, 1.165) is 10.2 Å². The number of benzene rings is 2. The van der Waals surface area contributed by atoms with Gasteiger partial charge in [-0.05, 0) is 50.2 Å². The molecule has 0 radical (unpaired) electrons. The third-order valence-electron chi connectivity index (χ3n) is 2.97. The minimum Gasteiger partial charge on any atom is -0.497 e. The number of carbonyl (C=O) groups excluding carboxylic acids is 1. The van der Waals surface area contributed by atoms with Crippen LogP contribution in [0.4, 0.5) is 5.69 Å². The Morgan fingerprint density at radius 3 is 2.17 bits per heavy atom. The maximum Gasteiger partial charge on any atom is 0.357 e. The monoisotopic (exact) mass is 375 g/mol. The molecule has 2 aromatic rings. The standard InChI is InChI=1S/C18H18BrNO3/c1-12(2)23-18(21)17(13-4-6-14(19)7-5-13)20-15-8-10-16(22-3)11-9-15/h4-12H,1-3H3. The molecule has 0 aliphatic heterocycles.